The number of rotatable bonds is 7. The Kier molecular flexibility index (Phi) is 11.0. The zero-order chi connectivity index (χ0) is 25.1. The van der Waals surface area contributed by atoms with Crippen molar-refractivity contribution in [2.24, 2.45) is 0 Å². The molecule has 2 aromatic rings. The average molecular weight is 586 g/mol. The molecule has 2 aliphatic heterocycles. The molecule has 35 heavy (non-hydrogen) atoms. The first kappa shape index (κ1) is 27.6. The molecule has 2 aliphatic rings. The van der Waals surface area contributed by atoms with E-state index in [2.05, 4.69) is 47.9 Å². The SMILES string of the molecule is O=C(CBr)Nc1ccc(N2CCCCC2)cc1.O=S(=O)(CCl)Nc1ccc(N2CCCCC2)cc1. The largest absolute Gasteiger partial charge is 0.372 e. The summed E-state index contributed by atoms with van der Waals surface area (Å²) >= 11 is 8.47. The van der Waals surface area contributed by atoms with E-state index in [0.717, 1.165) is 37.6 Å². The lowest BCUT2D eigenvalue weighted by atomic mass is 10.1. The summed E-state index contributed by atoms with van der Waals surface area (Å²) in [5, 5.41) is 2.72. The van der Waals surface area contributed by atoms with Crippen LogP contribution in [0.4, 0.5) is 22.7 Å². The third kappa shape index (κ3) is 9.20. The van der Waals surface area contributed by atoms with E-state index in [1.165, 1.54) is 44.2 Å². The molecule has 7 nitrogen and oxygen atoms in total. The predicted molar refractivity (Wildman–Crippen MR) is 151 cm³/mol. The van der Waals surface area contributed by atoms with E-state index in [4.69, 9.17) is 11.6 Å². The molecule has 2 aromatic carbocycles. The summed E-state index contributed by atoms with van der Waals surface area (Å²) < 4.78 is 25.0. The summed E-state index contributed by atoms with van der Waals surface area (Å²) in [6.07, 6.45) is 7.64. The minimum absolute atomic E-state index is 0.0178. The molecule has 2 saturated heterocycles. The topological polar surface area (TPSA) is 81.8 Å². The Hall–Kier alpha value is -1.97. The van der Waals surface area contributed by atoms with E-state index < -0.39 is 15.2 Å². The van der Waals surface area contributed by atoms with E-state index in [-0.39, 0.29) is 5.91 Å². The van der Waals surface area contributed by atoms with Gasteiger partial charge in [0.05, 0.1) is 5.33 Å². The van der Waals surface area contributed by atoms with E-state index in [1.54, 1.807) is 12.1 Å². The smallest absolute Gasteiger partial charge is 0.246 e. The van der Waals surface area contributed by atoms with Crippen molar-refractivity contribution < 1.29 is 13.2 Å². The van der Waals surface area contributed by atoms with Crippen LogP contribution in [0.3, 0.4) is 0 Å². The summed E-state index contributed by atoms with van der Waals surface area (Å²) in [5.41, 5.74) is 3.80. The summed E-state index contributed by atoms with van der Waals surface area (Å²) in [7, 11) is -3.41. The Morgan fingerprint density at radius 1 is 0.771 bits per heavy atom. The van der Waals surface area contributed by atoms with Gasteiger partial charge in [0.15, 0.2) is 0 Å². The van der Waals surface area contributed by atoms with Gasteiger partial charge in [-0.2, -0.15) is 0 Å². The number of hydrogen-bond donors (Lipinski definition) is 2. The molecule has 1 amide bonds. The quantitative estimate of drug-likeness (QED) is 0.412. The van der Waals surface area contributed by atoms with Crippen molar-refractivity contribution in [1.82, 2.24) is 0 Å². The van der Waals surface area contributed by atoms with E-state index in [9.17, 15) is 13.2 Å². The molecule has 0 radical (unpaired) electrons. The van der Waals surface area contributed by atoms with Gasteiger partial charge in [-0.15, -0.1) is 11.6 Å². The summed E-state index contributed by atoms with van der Waals surface area (Å²) in [6, 6.07) is 15.5. The standard InChI is InChI=1S/C13H17BrN2O.C12H17ClN2O2S/c14-10-13(17)15-11-4-6-12(7-5-11)16-8-2-1-3-9-16;13-10-18(16,17)14-11-4-6-12(7-5-11)15-8-2-1-3-9-15/h4-7H,1-3,8-10H2,(H,15,17);4-7,14H,1-3,8-10H2. The first-order chi connectivity index (χ1) is 16.9. The van der Waals surface area contributed by atoms with Crippen LogP contribution in [0.1, 0.15) is 38.5 Å². The molecule has 2 N–H and O–H groups in total. The van der Waals surface area contributed by atoms with Gasteiger partial charge >= 0.3 is 0 Å². The van der Waals surface area contributed by atoms with Crippen LogP contribution >= 0.6 is 27.5 Å². The summed E-state index contributed by atoms with van der Waals surface area (Å²) in [4.78, 5) is 15.9. The summed E-state index contributed by atoms with van der Waals surface area (Å²) in [5.74, 6) is -0.0178. The van der Waals surface area contributed by atoms with Gasteiger partial charge in [0.2, 0.25) is 15.9 Å². The third-order valence-electron chi connectivity index (χ3n) is 6.00. The molecule has 0 atom stereocenters. The number of alkyl halides is 2. The molecule has 0 aromatic heterocycles. The first-order valence-corrected chi connectivity index (χ1v) is 15.3. The second-order valence-electron chi connectivity index (χ2n) is 8.70. The van der Waals surface area contributed by atoms with E-state index in [1.807, 2.05) is 24.3 Å². The van der Waals surface area contributed by atoms with Crippen LogP contribution in [0.5, 0.6) is 0 Å². The predicted octanol–water partition coefficient (Wildman–Crippen LogP) is 5.63. The van der Waals surface area contributed by atoms with Crippen LogP contribution in [-0.2, 0) is 14.8 Å². The van der Waals surface area contributed by atoms with Gasteiger partial charge < -0.3 is 15.1 Å². The lowest BCUT2D eigenvalue weighted by molar-refractivity contribution is -0.113. The van der Waals surface area contributed by atoms with E-state index in [0.29, 0.717) is 11.0 Å². The molecule has 2 fully saturated rings. The minimum Gasteiger partial charge on any atom is -0.372 e. The number of amides is 1. The minimum atomic E-state index is -3.41. The average Bonchev–Trinajstić information content (AvgIpc) is 2.91. The highest BCUT2D eigenvalue weighted by Gasteiger charge is 2.12. The third-order valence-corrected chi connectivity index (χ3v) is 8.20. The molecule has 192 valence electrons. The molecule has 0 bridgehead atoms. The Balaban J connectivity index is 0.000000196. The molecule has 0 aliphatic carbocycles. The number of sulfonamides is 1. The van der Waals surface area contributed by atoms with Crippen molar-refractivity contribution >= 4 is 66.2 Å². The van der Waals surface area contributed by atoms with Gasteiger partial charge in [0, 0.05) is 48.9 Å². The van der Waals surface area contributed by atoms with Crippen LogP contribution in [0.25, 0.3) is 0 Å². The second-order valence-corrected chi connectivity index (χ2v) is 11.6. The van der Waals surface area contributed by atoms with Gasteiger partial charge in [-0.1, -0.05) is 15.9 Å². The zero-order valence-corrected chi connectivity index (χ0v) is 23.0. The maximum Gasteiger partial charge on any atom is 0.246 e. The van der Waals surface area contributed by atoms with Crippen molar-refractivity contribution in [3.05, 3.63) is 48.5 Å². The zero-order valence-electron chi connectivity index (χ0n) is 19.9. The summed E-state index contributed by atoms with van der Waals surface area (Å²) in [6.45, 7) is 4.44. The molecule has 4 rings (SSSR count). The number of carbonyl (C=O) groups excluding carboxylic acids is 1. The normalized spacial score (nSPS) is 16.2. The lowest BCUT2D eigenvalue weighted by Crippen LogP contribution is -2.29. The molecular formula is C25H34BrClN4O3S. The van der Waals surface area contributed by atoms with Gasteiger partial charge in [0.1, 0.15) is 5.21 Å². The fourth-order valence-electron chi connectivity index (χ4n) is 4.20. The fraction of sp³-hybridized carbons (Fsp3) is 0.480. The van der Waals surface area contributed by atoms with Gasteiger partial charge in [0.25, 0.3) is 0 Å². The van der Waals surface area contributed by atoms with Crippen LogP contribution in [0.15, 0.2) is 48.5 Å². The van der Waals surface area contributed by atoms with Crippen molar-refractivity contribution in [2.45, 2.75) is 38.5 Å². The maximum atomic E-state index is 11.3. The van der Waals surface area contributed by atoms with Crippen molar-refractivity contribution in [2.75, 3.05) is 56.6 Å². The van der Waals surface area contributed by atoms with Crippen LogP contribution in [-0.4, -0.2) is 51.0 Å². The molecule has 0 spiro atoms. The van der Waals surface area contributed by atoms with Gasteiger partial charge in [-0.3, -0.25) is 9.52 Å². The Labute approximate surface area is 222 Å². The van der Waals surface area contributed by atoms with Crippen molar-refractivity contribution in [3.8, 4) is 0 Å². The van der Waals surface area contributed by atoms with Crippen LogP contribution in [0.2, 0.25) is 0 Å². The fourth-order valence-corrected chi connectivity index (χ4v) is 5.05. The van der Waals surface area contributed by atoms with Gasteiger partial charge in [-0.25, -0.2) is 8.42 Å². The molecule has 10 heteroatoms. The maximum absolute atomic E-state index is 11.3. The monoisotopic (exact) mass is 584 g/mol. The molecule has 0 saturated carbocycles. The lowest BCUT2D eigenvalue weighted by Gasteiger charge is -2.28. The van der Waals surface area contributed by atoms with Crippen LogP contribution in [0, 0.1) is 0 Å². The number of piperidine rings is 2. The van der Waals surface area contributed by atoms with Crippen molar-refractivity contribution in [1.29, 1.82) is 0 Å². The molecular weight excluding hydrogens is 552 g/mol. The van der Waals surface area contributed by atoms with Crippen molar-refractivity contribution in [3.63, 3.8) is 0 Å². The number of carbonyl (C=O) groups is 1. The van der Waals surface area contributed by atoms with Gasteiger partial charge in [-0.05, 0) is 87.1 Å². The Morgan fingerprint density at radius 3 is 1.60 bits per heavy atom. The number of hydrogen-bond acceptors (Lipinski definition) is 5. The Bertz CT molecular complexity index is 1020. The number of anilines is 4. The highest BCUT2D eigenvalue weighted by Crippen LogP contribution is 2.23. The van der Waals surface area contributed by atoms with E-state index >= 15 is 0 Å². The molecule has 2 heterocycles. The van der Waals surface area contributed by atoms with Crippen LogP contribution < -0.4 is 19.8 Å². The first-order valence-electron chi connectivity index (χ1n) is 12.0. The highest BCUT2D eigenvalue weighted by molar-refractivity contribution is 9.09. The molecule has 0 unspecified atom stereocenters. The number of nitrogens with one attached hydrogen (secondary N) is 2. The Morgan fingerprint density at radius 2 is 1.20 bits per heavy atom. The number of nitrogens with zero attached hydrogens (tertiary/aromatic N) is 2. The highest BCUT2D eigenvalue weighted by atomic mass is 79.9. The second kappa shape index (κ2) is 13.9. The number of halogens is 2. The number of benzene rings is 2.